The van der Waals surface area contributed by atoms with Crippen molar-refractivity contribution in [1.82, 2.24) is 9.13 Å². The summed E-state index contributed by atoms with van der Waals surface area (Å²) in [5.41, 5.74) is 12.1. The molecule has 11 aromatic rings. The molecule has 0 spiro atoms. The smallest absolute Gasteiger partial charge is 0.0547 e. The molecule has 238 valence electrons. The molecule has 3 heterocycles. The lowest BCUT2D eigenvalue weighted by atomic mass is 10.0. The normalized spacial score (nSPS) is 11.9. The maximum absolute atomic E-state index is 2.45. The van der Waals surface area contributed by atoms with E-state index in [1.807, 2.05) is 11.3 Å². The van der Waals surface area contributed by atoms with E-state index in [4.69, 9.17) is 0 Å². The molecule has 3 aromatic heterocycles. The highest BCUT2D eigenvalue weighted by molar-refractivity contribution is 7.25. The van der Waals surface area contributed by atoms with Crippen molar-refractivity contribution in [3.8, 4) is 33.6 Å². The fraction of sp³-hybridized carbons (Fsp3) is 0. The second kappa shape index (κ2) is 11.0. The highest BCUT2D eigenvalue weighted by Crippen LogP contribution is 2.40. The Kier molecular flexibility index (Phi) is 6.16. The molecule has 51 heavy (non-hydrogen) atoms. The van der Waals surface area contributed by atoms with Crippen molar-refractivity contribution in [2.75, 3.05) is 0 Å². The Morgan fingerprint density at radius 3 is 1.61 bits per heavy atom. The van der Waals surface area contributed by atoms with Gasteiger partial charge in [0.15, 0.2) is 0 Å². The van der Waals surface area contributed by atoms with Gasteiger partial charge in [-0.05, 0) is 89.0 Å². The molecule has 0 amide bonds. The number of benzene rings is 8. The minimum Gasteiger partial charge on any atom is -0.309 e. The Labute approximate surface area is 298 Å². The summed E-state index contributed by atoms with van der Waals surface area (Å²) in [4.78, 5) is 0. The number of nitrogens with zero attached hydrogens (tertiary/aromatic N) is 2. The number of rotatable bonds is 4. The molecule has 0 saturated carbocycles. The van der Waals surface area contributed by atoms with Gasteiger partial charge in [0.05, 0.1) is 22.1 Å². The maximum Gasteiger partial charge on any atom is 0.0547 e. The predicted molar refractivity (Wildman–Crippen MR) is 219 cm³/mol. The Morgan fingerprint density at radius 1 is 0.275 bits per heavy atom. The Bertz CT molecular complexity index is 3120. The van der Waals surface area contributed by atoms with Gasteiger partial charge in [0.2, 0.25) is 0 Å². The van der Waals surface area contributed by atoms with E-state index in [2.05, 4.69) is 191 Å². The van der Waals surface area contributed by atoms with Crippen LogP contribution in [0.3, 0.4) is 0 Å². The molecular formula is C48H30N2S. The van der Waals surface area contributed by atoms with Crippen LogP contribution in [0.5, 0.6) is 0 Å². The zero-order valence-corrected chi connectivity index (χ0v) is 28.4. The first-order valence-corrected chi connectivity index (χ1v) is 18.2. The van der Waals surface area contributed by atoms with Gasteiger partial charge in [0.25, 0.3) is 0 Å². The fourth-order valence-corrected chi connectivity index (χ4v) is 9.23. The standard InChI is InChI=1S/C48H30N2S/c1-2-10-31(11-3-1)32-18-22-35(23-19-32)49-44-16-8-5-13-38(44)41-28-33(21-26-45(41)49)34-20-25-39-37-12-4-7-15-43(37)50(46(39)29-34)36-24-27-48-42(30-36)40-14-6-9-17-47(40)51-48/h1-30H. The molecule has 0 radical (unpaired) electrons. The first-order valence-electron chi connectivity index (χ1n) is 17.4. The van der Waals surface area contributed by atoms with Crippen LogP contribution in [0.4, 0.5) is 0 Å². The Morgan fingerprint density at radius 2 is 0.804 bits per heavy atom. The van der Waals surface area contributed by atoms with Gasteiger partial charge < -0.3 is 9.13 Å². The van der Waals surface area contributed by atoms with Gasteiger partial charge in [-0.3, -0.25) is 0 Å². The second-order valence-corrected chi connectivity index (χ2v) is 14.4. The van der Waals surface area contributed by atoms with Crippen LogP contribution in [0.15, 0.2) is 182 Å². The largest absolute Gasteiger partial charge is 0.309 e. The summed E-state index contributed by atoms with van der Waals surface area (Å²) >= 11 is 1.86. The summed E-state index contributed by atoms with van der Waals surface area (Å²) in [5, 5.41) is 7.68. The van der Waals surface area contributed by atoms with Crippen molar-refractivity contribution in [1.29, 1.82) is 0 Å². The summed E-state index contributed by atoms with van der Waals surface area (Å²) in [7, 11) is 0. The number of hydrogen-bond acceptors (Lipinski definition) is 1. The first-order chi connectivity index (χ1) is 25.3. The summed E-state index contributed by atoms with van der Waals surface area (Å²) < 4.78 is 7.49. The van der Waals surface area contributed by atoms with Crippen LogP contribution in [0.25, 0.3) is 97.4 Å². The summed E-state index contributed by atoms with van der Waals surface area (Å²) in [6, 6.07) is 66.7. The quantitative estimate of drug-likeness (QED) is 0.177. The van der Waals surface area contributed by atoms with Crippen molar-refractivity contribution in [3.63, 3.8) is 0 Å². The van der Waals surface area contributed by atoms with Gasteiger partial charge in [-0.1, -0.05) is 115 Å². The van der Waals surface area contributed by atoms with E-state index in [9.17, 15) is 0 Å². The number of hydrogen-bond donors (Lipinski definition) is 0. The predicted octanol–water partition coefficient (Wildman–Crippen LogP) is 13.6. The van der Waals surface area contributed by atoms with E-state index < -0.39 is 0 Å². The van der Waals surface area contributed by atoms with Crippen molar-refractivity contribution < 1.29 is 0 Å². The number of aromatic nitrogens is 2. The van der Waals surface area contributed by atoms with Gasteiger partial charge in [-0.15, -0.1) is 11.3 Å². The molecule has 0 aliphatic rings. The third-order valence-corrected chi connectivity index (χ3v) is 11.7. The number of fused-ring (bicyclic) bond motifs is 9. The SMILES string of the molecule is c1ccc(-c2ccc(-n3c4ccccc4c4cc(-c5ccc6c7ccccc7n(-c7ccc8sc9ccccc9c8c7)c6c5)ccc43)cc2)cc1. The highest BCUT2D eigenvalue weighted by atomic mass is 32.1. The van der Waals surface area contributed by atoms with E-state index in [1.54, 1.807) is 0 Å². The average Bonchev–Trinajstić information content (AvgIpc) is 3.85. The van der Waals surface area contributed by atoms with Gasteiger partial charge in [-0.2, -0.15) is 0 Å². The van der Waals surface area contributed by atoms with Crippen LogP contribution in [0, 0.1) is 0 Å². The average molecular weight is 667 g/mol. The lowest BCUT2D eigenvalue weighted by Crippen LogP contribution is -1.94. The molecule has 0 aliphatic carbocycles. The third kappa shape index (κ3) is 4.35. The zero-order chi connectivity index (χ0) is 33.5. The van der Waals surface area contributed by atoms with Crippen LogP contribution in [-0.2, 0) is 0 Å². The minimum absolute atomic E-state index is 1.16. The molecule has 0 aliphatic heterocycles. The topological polar surface area (TPSA) is 9.86 Å². The van der Waals surface area contributed by atoms with Gasteiger partial charge in [-0.25, -0.2) is 0 Å². The molecule has 0 N–H and O–H groups in total. The molecular weight excluding hydrogens is 637 g/mol. The van der Waals surface area contributed by atoms with E-state index in [-0.39, 0.29) is 0 Å². The van der Waals surface area contributed by atoms with Gasteiger partial charge >= 0.3 is 0 Å². The maximum atomic E-state index is 2.45. The molecule has 0 bridgehead atoms. The van der Waals surface area contributed by atoms with E-state index >= 15 is 0 Å². The molecule has 0 atom stereocenters. The van der Waals surface area contributed by atoms with Crippen LogP contribution in [0.2, 0.25) is 0 Å². The van der Waals surface area contributed by atoms with E-state index in [1.165, 1.54) is 91.7 Å². The molecule has 3 heteroatoms. The van der Waals surface area contributed by atoms with Crippen molar-refractivity contribution in [3.05, 3.63) is 182 Å². The van der Waals surface area contributed by atoms with E-state index in [0.29, 0.717) is 0 Å². The lowest BCUT2D eigenvalue weighted by molar-refractivity contribution is 1.18. The lowest BCUT2D eigenvalue weighted by Gasteiger charge is -2.11. The number of para-hydroxylation sites is 2. The summed E-state index contributed by atoms with van der Waals surface area (Å²) in [6.07, 6.45) is 0. The molecule has 2 nitrogen and oxygen atoms in total. The molecule has 0 unspecified atom stereocenters. The summed E-state index contributed by atoms with van der Waals surface area (Å²) in [6.45, 7) is 0. The van der Waals surface area contributed by atoms with E-state index in [0.717, 1.165) is 5.69 Å². The van der Waals surface area contributed by atoms with Crippen LogP contribution in [0.1, 0.15) is 0 Å². The third-order valence-electron chi connectivity index (χ3n) is 10.5. The second-order valence-electron chi connectivity index (χ2n) is 13.4. The van der Waals surface area contributed by atoms with Crippen molar-refractivity contribution in [2.45, 2.75) is 0 Å². The highest BCUT2D eigenvalue weighted by Gasteiger charge is 2.17. The van der Waals surface area contributed by atoms with Gasteiger partial charge in [0.1, 0.15) is 0 Å². The fourth-order valence-electron chi connectivity index (χ4n) is 8.15. The Hall–Kier alpha value is -6.42. The van der Waals surface area contributed by atoms with Crippen molar-refractivity contribution >= 4 is 75.1 Å². The van der Waals surface area contributed by atoms with Gasteiger partial charge in [0, 0.05) is 53.1 Å². The van der Waals surface area contributed by atoms with Crippen LogP contribution < -0.4 is 0 Å². The zero-order valence-electron chi connectivity index (χ0n) is 27.6. The number of thiophene rings is 1. The molecule has 8 aromatic carbocycles. The minimum atomic E-state index is 1.16. The molecule has 0 saturated heterocycles. The van der Waals surface area contributed by atoms with Crippen LogP contribution >= 0.6 is 11.3 Å². The van der Waals surface area contributed by atoms with Crippen molar-refractivity contribution in [2.24, 2.45) is 0 Å². The Balaban J connectivity index is 1.08. The summed E-state index contributed by atoms with van der Waals surface area (Å²) in [5.74, 6) is 0. The first kappa shape index (κ1) is 28.4. The molecule has 11 rings (SSSR count). The monoisotopic (exact) mass is 666 g/mol. The van der Waals surface area contributed by atoms with Crippen LogP contribution in [-0.4, -0.2) is 9.13 Å². The molecule has 0 fully saturated rings.